The van der Waals surface area contributed by atoms with E-state index in [2.05, 4.69) is 29.6 Å². The SMILES string of the molecule is O=C(CC1(O)CCCCC1)NCC1CC1c1ccccc1. The number of aliphatic hydroxyl groups is 1. The standard InChI is InChI=1S/C18H25NO2/c20-17(12-18(21)9-5-2-6-10-18)19-13-15-11-16(15)14-7-3-1-4-8-14/h1,3-4,7-8,15-16,21H,2,5-6,9-13H2,(H,19,20). The summed E-state index contributed by atoms with van der Waals surface area (Å²) in [6.07, 6.45) is 6.26. The van der Waals surface area contributed by atoms with Gasteiger partial charge in [-0.25, -0.2) is 0 Å². The summed E-state index contributed by atoms with van der Waals surface area (Å²) in [7, 11) is 0. The summed E-state index contributed by atoms with van der Waals surface area (Å²) in [5, 5.41) is 13.4. The first kappa shape index (κ1) is 14.6. The highest BCUT2D eigenvalue weighted by Gasteiger charge is 2.38. The van der Waals surface area contributed by atoms with Gasteiger partial charge in [0, 0.05) is 6.54 Å². The van der Waals surface area contributed by atoms with Crippen molar-refractivity contribution in [1.29, 1.82) is 0 Å². The fourth-order valence-electron chi connectivity index (χ4n) is 3.57. The van der Waals surface area contributed by atoms with Crippen LogP contribution < -0.4 is 5.32 Å². The van der Waals surface area contributed by atoms with Crippen molar-refractivity contribution in [3.63, 3.8) is 0 Å². The number of hydrogen-bond donors (Lipinski definition) is 2. The molecule has 3 heteroatoms. The van der Waals surface area contributed by atoms with Crippen LogP contribution in [0.2, 0.25) is 0 Å². The molecule has 2 unspecified atom stereocenters. The van der Waals surface area contributed by atoms with E-state index in [9.17, 15) is 9.90 Å². The Balaban J connectivity index is 1.41. The zero-order valence-electron chi connectivity index (χ0n) is 12.6. The van der Waals surface area contributed by atoms with Gasteiger partial charge in [-0.05, 0) is 36.7 Å². The van der Waals surface area contributed by atoms with E-state index in [1.165, 1.54) is 12.0 Å². The van der Waals surface area contributed by atoms with Gasteiger partial charge in [-0.2, -0.15) is 0 Å². The molecule has 0 aliphatic heterocycles. The molecule has 2 aliphatic rings. The molecular weight excluding hydrogens is 262 g/mol. The van der Waals surface area contributed by atoms with Crippen molar-refractivity contribution in [3.05, 3.63) is 35.9 Å². The Hall–Kier alpha value is -1.35. The van der Waals surface area contributed by atoms with E-state index in [4.69, 9.17) is 0 Å². The third-order valence-electron chi connectivity index (χ3n) is 4.99. The molecular formula is C18H25NO2. The van der Waals surface area contributed by atoms with Gasteiger partial charge in [0.15, 0.2) is 0 Å². The van der Waals surface area contributed by atoms with Gasteiger partial charge in [-0.3, -0.25) is 4.79 Å². The van der Waals surface area contributed by atoms with Crippen molar-refractivity contribution in [2.45, 2.75) is 56.5 Å². The zero-order valence-corrected chi connectivity index (χ0v) is 12.6. The van der Waals surface area contributed by atoms with E-state index in [0.29, 0.717) is 11.8 Å². The Morgan fingerprint density at radius 3 is 2.62 bits per heavy atom. The monoisotopic (exact) mass is 287 g/mol. The summed E-state index contributed by atoms with van der Waals surface area (Å²) < 4.78 is 0. The minimum Gasteiger partial charge on any atom is -0.389 e. The molecule has 2 N–H and O–H groups in total. The predicted octanol–water partition coefficient (Wildman–Crippen LogP) is 2.99. The number of hydrogen-bond acceptors (Lipinski definition) is 2. The van der Waals surface area contributed by atoms with Crippen LogP contribution in [0.15, 0.2) is 30.3 Å². The minimum atomic E-state index is -0.745. The molecule has 2 fully saturated rings. The number of carbonyl (C=O) groups is 1. The Kier molecular flexibility index (Phi) is 4.29. The van der Waals surface area contributed by atoms with Crippen LogP contribution in [-0.4, -0.2) is 23.2 Å². The van der Waals surface area contributed by atoms with Crippen molar-refractivity contribution >= 4 is 5.91 Å². The fourth-order valence-corrected chi connectivity index (χ4v) is 3.57. The van der Waals surface area contributed by atoms with Crippen LogP contribution in [0.3, 0.4) is 0 Å². The zero-order chi connectivity index (χ0) is 14.7. The van der Waals surface area contributed by atoms with E-state index in [-0.39, 0.29) is 12.3 Å². The van der Waals surface area contributed by atoms with Crippen molar-refractivity contribution < 1.29 is 9.90 Å². The highest BCUT2D eigenvalue weighted by Crippen LogP contribution is 2.46. The van der Waals surface area contributed by atoms with Gasteiger partial charge in [-0.1, -0.05) is 49.6 Å². The lowest BCUT2D eigenvalue weighted by atomic mass is 9.82. The lowest BCUT2D eigenvalue weighted by molar-refractivity contribution is -0.127. The molecule has 3 rings (SSSR count). The third kappa shape index (κ3) is 3.85. The van der Waals surface area contributed by atoms with Gasteiger partial charge >= 0.3 is 0 Å². The third-order valence-corrected chi connectivity index (χ3v) is 4.99. The second-order valence-corrected chi connectivity index (χ2v) is 6.78. The average molecular weight is 287 g/mol. The van der Waals surface area contributed by atoms with Crippen LogP contribution >= 0.6 is 0 Å². The van der Waals surface area contributed by atoms with Crippen molar-refractivity contribution in [2.75, 3.05) is 6.54 Å². The summed E-state index contributed by atoms with van der Waals surface area (Å²) >= 11 is 0. The number of benzene rings is 1. The fraction of sp³-hybridized carbons (Fsp3) is 0.611. The smallest absolute Gasteiger partial charge is 0.222 e. The van der Waals surface area contributed by atoms with Gasteiger partial charge in [0.2, 0.25) is 5.91 Å². The molecule has 3 nitrogen and oxygen atoms in total. The molecule has 114 valence electrons. The summed E-state index contributed by atoms with van der Waals surface area (Å²) in [4.78, 5) is 12.0. The van der Waals surface area contributed by atoms with Gasteiger partial charge < -0.3 is 10.4 Å². The first-order chi connectivity index (χ1) is 10.2. The summed E-state index contributed by atoms with van der Waals surface area (Å²) in [5.41, 5.74) is 0.632. The Morgan fingerprint density at radius 1 is 1.19 bits per heavy atom. The molecule has 1 aromatic carbocycles. The van der Waals surface area contributed by atoms with E-state index >= 15 is 0 Å². The maximum atomic E-state index is 12.0. The highest BCUT2D eigenvalue weighted by atomic mass is 16.3. The lowest BCUT2D eigenvalue weighted by Gasteiger charge is -2.31. The van der Waals surface area contributed by atoms with Gasteiger partial charge in [0.05, 0.1) is 12.0 Å². The first-order valence-electron chi connectivity index (χ1n) is 8.20. The summed E-state index contributed by atoms with van der Waals surface area (Å²) in [5.74, 6) is 1.18. The molecule has 0 heterocycles. The van der Waals surface area contributed by atoms with Crippen LogP contribution in [0.4, 0.5) is 0 Å². The average Bonchev–Trinajstić information content (AvgIpc) is 3.26. The molecule has 0 saturated heterocycles. The lowest BCUT2D eigenvalue weighted by Crippen LogP contribution is -2.39. The Bertz CT molecular complexity index is 479. The topological polar surface area (TPSA) is 49.3 Å². The maximum Gasteiger partial charge on any atom is 0.222 e. The maximum absolute atomic E-state index is 12.0. The molecule has 0 radical (unpaired) electrons. The number of nitrogens with one attached hydrogen (secondary N) is 1. The first-order valence-corrected chi connectivity index (χ1v) is 8.20. The van der Waals surface area contributed by atoms with Gasteiger partial charge in [0.25, 0.3) is 0 Å². The van der Waals surface area contributed by atoms with E-state index in [1.807, 2.05) is 6.07 Å². The van der Waals surface area contributed by atoms with Gasteiger partial charge in [-0.15, -0.1) is 0 Å². The molecule has 0 aromatic heterocycles. The van der Waals surface area contributed by atoms with E-state index in [1.54, 1.807) is 0 Å². The second-order valence-electron chi connectivity index (χ2n) is 6.78. The molecule has 2 saturated carbocycles. The second kappa shape index (κ2) is 6.18. The molecule has 1 amide bonds. The molecule has 21 heavy (non-hydrogen) atoms. The molecule has 2 atom stereocenters. The molecule has 1 aromatic rings. The summed E-state index contributed by atoms with van der Waals surface area (Å²) in [6, 6.07) is 10.5. The van der Waals surface area contributed by atoms with Crippen molar-refractivity contribution in [2.24, 2.45) is 5.92 Å². The van der Waals surface area contributed by atoms with Crippen molar-refractivity contribution in [3.8, 4) is 0 Å². The van der Waals surface area contributed by atoms with Crippen LogP contribution in [-0.2, 0) is 4.79 Å². The van der Waals surface area contributed by atoms with Crippen LogP contribution in [0, 0.1) is 5.92 Å². The van der Waals surface area contributed by atoms with E-state index < -0.39 is 5.60 Å². The Labute approximate surface area is 126 Å². The molecule has 2 aliphatic carbocycles. The molecule has 0 bridgehead atoms. The largest absolute Gasteiger partial charge is 0.389 e. The van der Waals surface area contributed by atoms with Crippen LogP contribution in [0.5, 0.6) is 0 Å². The van der Waals surface area contributed by atoms with Crippen LogP contribution in [0.25, 0.3) is 0 Å². The van der Waals surface area contributed by atoms with E-state index in [0.717, 1.165) is 38.6 Å². The number of amides is 1. The molecule has 0 spiro atoms. The highest BCUT2D eigenvalue weighted by molar-refractivity contribution is 5.77. The quantitative estimate of drug-likeness (QED) is 0.874. The van der Waals surface area contributed by atoms with Gasteiger partial charge in [0.1, 0.15) is 0 Å². The predicted molar refractivity (Wildman–Crippen MR) is 83.0 cm³/mol. The number of carbonyl (C=O) groups excluding carboxylic acids is 1. The summed E-state index contributed by atoms with van der Waals surface area (Å²) in [6.45, 7) is 0.745. The minimum absolute atomic E-state index is 0.0121. The normalized spacial score (nSPS) is 27.1. The number of rotatable bonds is 5. The van der Waals surface area contributed by atoms with Crippen molar-refractivity contribution in [1.82, 2.24) is 5.32 Å². The Morgan fingerprint density at radius 2 is 1.90 bits per heavy atom. The van der Waals surface area contributed by atoms with Crippen LogP contribution in [0.1, 0.15) is 56.4 Å².